The first-order valence-electron chi connectivity index (χ1n) is 6.78. The molecule has 0 aliphatic heterocycles. The van der Waals surface area contributed by atoms with Crippen LogP contribution >= 0.6 is 0 Å². The molecule has 1 aliphatic carbocycles. The van der Waals surface area contributed by atoms with E-state index in [1.54, 1.807) is 0 Å². The van der Waals surface area contributed by atoms with Gasteiger partial charge in [0.25, 0.3) is 0 Å². The first-order valence-corrected chi connectivity index (χ1v) is 6.78. The molecule has 1 fully saturated rings. The van der Waals surface area contributed by atoms with Crippen LogP contribution in [-0.2, 0) is 4.74 Å². The number of alkyl halides is 4. The maximum atomic E-state index is 12.6. The fourth-order valence-corrected chi connectivity index (χ4v) is 2.57. The van der Waals surface area contributed by atoms with Gasteiger partial charge in [0.1, 0.15) is 6.61 Å². The lowest BCUT2D eigenvalue weighted by atomic mass is 9.78. The third-order valence-electron chi connectivity index (χ3n) is 3.85. The van der Waals surface area contributed by atoms with Crippen molar-refractivity contribution in [2.24, 2.45) is 11.8 Å². The summed E-state index contributed by atoms with van der Waals surface area (Å²) in [5.41, 5.74) is 0. The fourth-order valence-electron chi connectivity index (χ4n) is 2.57. The standard InChI is InChI=1S/C13H22F4O2/c1-2-9-4-3-5-10(6-9)11(18)7-19-8-13(16,17)12(14)15/h9-12,18H,2-8H2,1H3. The van der Waals surface area contributed by atoms with Crippen molar-refractivity contribution in [2.75, 3.05) is 13.2 Å². The monoisotopic (exact) mass is 286 g/mol. The van der Waals surface area contributed by atoms with Crippen molar-refractivity contribution in [3.8, 4) is 0 Å². The van der Waals surface area contributed by atoms with Gasteiger partial charge in [-0.1, -0.05) is 26.2 Å². The Bertz CT molecular complexity index is 261. The molecule has 0 saturated heterocycles. The molecular weight excluding hydrogens is 264 g/mol. The number of aliphatic hydroxyl groups is 1. The van der Waals surface area contributed by atoms with Crippen LogP contribution in [0.25, 0.3) is 0 Å². The number of rotatable bonds is 7. The highest BCUT2D eigenvalue weighted by molar-refractivity contribution is 4.78. The molecule has 0 heterocycles. The molecule has 0 aromatic heterocycles. The Morgan fingerprint density at radius 3 is 2.58 bits per heavy atom. The predicted molar refractivity (Wildman–Crippen MR) is 63.5 cm³/mol. The van der Waals surface area contributed by atoms with Gasteiger partial charge in [-0.15, -0.1) is 0 Å². The van der Waals surface area contributed by atoms with Crippen LogP contribution < -0.4 is 0 Å². The Morgan fingerprint density at radius 2 is 2.00 bits per heavy atom. The Kier molecular flexibility index (Phi) is 6.53. The summed E-state index contributed by atoms with van der Waals surface area (Å²) >= 11 is 0. The Morgan fingerprint density at radius 1 is 1.32 bits per heavy atom. The molecule has 19 heavy (non-hydrogen) atoms. The van der Waals surface area contributed by atoms with E-state index in [1.807, 2.05) is 0 Å². The van der Waals surface area contributed by atoms with E-state index in [1.165, 1.54) is 0 Å². The van der Waals surface area contributed by atoms with E-state index in [9.17, 15) is 22.7 Å². The largest absolute Gasteiger partial charge is 0.390 e. The van der Waals surface area contributed by atoms with Crippen LogP contribution in [0.1, 0.15) is 39.0 Å². The highest BCUT2D eigenvalue weighted by atomic mass is 19.3. The second-order valence-corrected chi connectivity index (χ2v) is 5.35. The van der Waals surface area contributed by atoms with E-state index in [2.05, 4.69) is 11.7 Å². The Labute approximate surface area is 111 Å². The van der Waals surface area contributed by atoms with Crippen LogP contribution in [0, 0.1) is 11.8 Å². The minimum atomic E-state index is -4.14. The van der Waals surface area contributed by atoms with E-state index in [0.717, 1.165) is 32.1 Å². The molecule has 0 aromatic rings. The lowest BCUT2D eigenvalue weighted by molar-refractivity contribution is -0.172. The van der Waals surface area contributed by atoms with Gasteiger partial charge in [-0.2, -0.15) is 8.78 Å². The molecule has 0 amide bonds. The van der Waals surface area contributed by atoms with Crippen molar-refractivity contribution < 1.29 is 27.4 Å². The fraction of sp³-hybridized carbons (Fsp3) is 1.00. The van der Waals surface area contributed by atoms with Gasteiger partial charge in [0, 0.05) is 0 Å². The third-order valence-corrected chi connectivity index (χ3v) is 3.85. The van der Waals surface area contributed by atoms with Crippen molar-refractivity contribution in [1.29, 1.82) is 0 Å². The summed E-state index contributed by atoms with van der Waals surface area (Å²) in [5, 5.41) is 9.87. The first-order chi connectivity index (χ1) is 8.86. The smallest absolute Gasteiger partial charge is 0.330 e. The summed E-state index contributed by atoms with van der Waals surface area (Å²) in [7, 11) is 0. The van der Waals surface area contributed by atoms with E-state index in [-0.39, 0.29) is 12.5 Å². The predicted octanol–water partition coefficient (Wildman–Crippen LogP) is 3.48. The Hall–Kier alpha value is -0.360. The summed E-state index contributed by atoms with van der Waals surface area (Å²) in [5.74, 6) is -3.56. The second kappa shape index (κ2) is 7.43. The SMILES string of the molecule is CCC1CCCC(C(O)COCC(F)(F)C(F)F)C1. The second-order valence-electron chi connectivity index (χ2n) is 5.35. The van der Waals surface area contributed by atoms with Crippen LogP contribution in [-0.4, -0.2) is 36.8 Å². The quantitative estimate of drug-likeness (QED) is 0.726. The van der Waals surface area contributed by atoms with Crippen LogP contribution in [0.15, 0.2) is 0 Å². The van der Waals surface area contributed by atoms with Crippen molar-refractivity contribution in [3.05, 3.63) is 0 Å². The van der Waals surface area contributed by atoms with Crippen molar-refractivity contribution in [2.45, 2.75) is 57.5 Å². The molecule has 1 rings (SSSR count). The minimum absolute atomic E-state index is 0.0267. The number of hydrogen-bond acceptors (Lipinski definition) is 2. The summed E-state index contributed by atoms with van der Waals surface area (Å²) in [6.45, 7) is 0.439. The zero-order chi connectivity index (χ0) is 14.5. The van der Waals surface area contributed by atoms with E-state index in [4.69, 9.17) is 0 Å². The first kappa shape index (κ1) is 16.7. The van der Waals surface area contributed by atoms with Crippen LogP contribution in [0.3, 0.4) is 0 Å². The minimum Gasteiger partial charge on any atom is -0.390 e. The zero-order valence-corrected chi connectivity index (χ0v) is 11.1. The van der Waals surface area contributed by atoms with Crippen LogP contribution in [0.2, 0.25) is 0 Å². The lowest BCUT2D eigenvalue weighted by Gasteiger charge is -2.31. The van der Waals surface area contributed by atoms with Gasteiger partial charge in [-0.25, -0.2) is 8.78 Å². The number of hydrogen-bond donors (Lipinski definition) is 1. The lowest BCUT2D eigenvalue weighted by Crippen LogP contribution is -2.36. The molecule has 1 saturated carbocycles. The summed E-state index contributed by atoms with van der Waals surface area (Å²) < 4.78 is 53.6. The van der Waals surface area contributed by atoms with Gasteiger partial charge in [0.15, 0.2) is 0 Å². The molecule has 2 nitrogen and oxygen atoms in total. The Balaban J connectivity index is 2.29. The van der Waals surface area contributed by atoms with Crippen molar-refractivity contribution in [1.82, 2.24) is 0 Å². The van der Waals surface area contributed by atoms with Gasteiger partial charge >= 0.3 is 12.3 Å². The van der Waals surface area contributed by atoms with Gasteiger partial charge in [0.2, 0.25) is 0 Å². The zero-order valence-electron chi connectivity index (χ0n) is 11.1. The van der Waals surface area contributed by atoms with Gasteiger partial charge in [-0.3, -0.25) is 0 Å². The van der Waals surface area contributed by atoms with E-state index >= 15 is 0 Å². The number of aliphatic hydroxyl groups excluding tert-OH is 1. The maximum absolute atomic E-state index is 12.6. The molecule has 0 bridgehead atoms. The van der Waals surface area contributed by atoms with Crippen LogP contribution in [0.4, 0.5) is 17.6 Å². The molecule has 0 radical (unpaired) electrons. The summed E-state index contributed by atoms with van der Waals surface area (Å²) in [6, 6.07) is 0. The summed E-state index contributed by atoms with van der Waals surface area (Å²) in [6.07, 6.45) is 0.287. The molecule has 1 aliphatic rings. The molecular formula is C13H22F4O2. The van der Waals surface area contributed by atoms with Crippen LogP contribution in [0.5, 0.6) is 0 Å². The highest BCUT2D eigenvalue weighted by Crippen LogP contribution is 2.33. The topological polar surface area (TPSA) is 29.5 Å². The average Bonchev–Trinajstić information content (AvgIpc) is 2.38. The van der Waals surface area contributed by atoms with E-state index < -0.39 is 25.1 Å². The number of ether oxygens (including phenoxy) is 1. The van der Waals surface area contributed by atoms with Gasteiger partial charge < -0.3 is 9.84 Å². The number of halogens is 4. The van der Waals surface area contributed by atoms with Gasteiger partial charge in [0.05, 0.1) is 12.7 Å². The highest BCUT2D eigenvalue weighted by Gasteiger charge is 2.41. The molecule has 1 N–H and O–H groups in total. The molecule has 3 atom stereocenters. The molecule has 0 aromatic carbocycles. The van der Waals surface area contributed by atoms with Crippen molar-refractivity contribution >= 4 is 0 Å². The maximum Gasteiger partial charge on any atom is 0.330 e. The summed E-state index contributed by atoms with van der Waals surface area (Å²) in [4.78, 5) is 0. The van der Waals surface area contributed by atoms with Gasteiger partial charge in [-0.05, 0) is 24.7 Å². The average molecular weight is 286 g/mol. The third kappa shape index (κ3) is 5.26. The normalized spacial score (nSPS) is 26.7. The van der Waals surface area contributed by atoms with Crippen molar-refractivity contribution in [3.63, 3.8) is 0 Å². The molecule has 6 heteroatoms. The van der Waals surface area contributed by atoms with E-state index in [0.29, 0.717) is 5.92 Å². The molecule has 114 valence electrons. The molecule has 3 unspecified atom stereocenters. The molecule has 0 spiro atoms.